The van der Waals surface area contributed by atoms with E-state index < -0.39 is 0 Å². The van der Waals surface area contributed by atoms with E-state index in [-0.39, 0.29) is 10.6 Å². The maximum absolute atomic E-state index is 11.3. The van der Waals surface area contributed by atoms with Crippen molar-refractivity contribution in [2.75, 3.05) is 50.5 Å². The molecule has 0 heterocycles. The number of nitrogens with zero attached hydrogens (tertiary/aromatic N) is 9. The van der Waals surface area contributed by atoms with Crippen molar-refractivity contribution in [3.05, 3.63) is 446 Å². The Hall–Kier alpha value is -15.6. The maximum atomic E-state index is 11.3. The second kappa shape index (κ2) is 34.8. The monoisotopic (exact) mass is 1470 g/mol. The van der Waals surface area contributed by atoms with Gasteiger partial charge in [-0.25, -0.2) is 0 Å². The number of non-ortho nitro benzene ring substituents is 1. The summed E-state index contributed by atoms with van der Waals surface area (Å²) in [5.74, 6) is 0. The minimum Gasteiger partial charge on any atom is -0.345 e. The number of hydrogen-bond donors (Lipinski definition) is 0. The smallest absolute Gasteiger partial charge is 0.271 e. The molecule has 0 atom stereocenters. The van der Waals surface area contributed by atoms with Crippen LogP contribution in [0.25, 0.3) is 54.9 Å². The predicted molar refractivity (Wildman–Crippen MR) is 474 cm³/mol. The van der Waals surface area contributed by atoms with Gasteiger partial charge < -0.3 is 29.4 Å². The maximum Gasteiger partial charge on any atom is 0.271 e. The Bertz CT molecular complexity index is 6170. The van der Waals surface area contributed by atoms with E-state index in [1.807, 2.05) is 117 Å². The second-order valence-corrected chi connectivity index (χ2v) is 27.4. The van der Waals surface area contributed by atoms with Gasteiger partial charge in [0.2, 0.25) is 0 Å². The molecule has 0 saturated carbocycles. The summed E-state index contributed by atoms with van der Waals surface area (Å²) in [6, 6.07) is 149. The fourth-order valence-electron chi connectivity index (χ4n) is 14.3. The van der Waals surface area contributed by atoms with Crippen molar-refractivity contribution >= 4 is 113 Å². The Morgan fingerprint density at radius 3 is 0.877 bits per heavy atom. The van der Waals surface area contributed by atoms with Crippen molar-refractivity contribution in [2.45, 2.75) is 0 Å². The minimum atomic E-state index is -0.369. The van der Waals surface area contributed by atoms with E-state index in [1.165, 1.54) is 50.0 Å². The summed E-state index contributed by atoms with van der Waals surface area (Å²) in [7, 11) is 5.97. The molecule has 0 aliphatic heterocycles. The zero-order chi connectivity index (χ0) is 78.1. The normalized spacial score (nSPS) is 10.6. The van der Waals surface area contributed by atoms with Crippen LogP contribution in [0.15, 0.2) is 425 Å². The van der Waals surface area contributed by atoms with Gasteiger partial charge in [0.1, 0.15) is 0 Å². The molecule has 0 unspecified atom stereocenters. The van der Waals surface area contributed by atoms with Crippen molar-refractivity contribution in [1.29, 1.82) is 10.5 Å². The van der Waals surface area contributed by atoms with Crippen molar-refractivity contribution in [3.8, 4) is 45.5 Å². The van der Waals surface area contributed by atoms with E-state index in [0.717, 1.165) is 96.3 Å². The molecule has 0 aliphatic rings. The zero-order valence-electron chi connectivity index (χ0n) is 63.3. The van der Waals surface area contributed by atoms with Crippen molar-refractivity contribution < 1.29 is 4.92 Å². The largest absolute Gasteiger partial charge is 0.345 e. The molecule has 0 N–H and O–H groups in total. The van der Waals surface area contributed by atoms with Crippen LogP contribution in [-0.4, -0.2) is 26.1 Å². The van der Waals surface area contributed by atoms with Crippen molar-refractivity contribution in [1.82, 2.24) is 0 Å². The molecule has 11 nitrogen and oxygen atoms in total. The highest BCUT2D eigenvalue weighted by Crippen LogP contribution is 2.44. The Morgan fingerprint density at radius 2 is 0.500 bits per heavy atom. The molecule has 0 fully saturated rings. The number of nitriles is 2. The van der Waals surface area contributed by atoms with Crippen molar-refractivity contribution in [2.24, 2.45) is 0 Å². The first-order chi connectivity index (χ1) is 56.0. The fraction of sp³-hybridized carbons (Fsp3) is 0.0291. The highest BCUT2D eigenvalue weighted by atomic mass is 16.6. The van der Waals surface area contributed by atoms with Gasteiger partial charge in [-0.15, -0.1) is 0 Å². The third kappa shape index (κ3) is 16.8. The van der Waals surface area contributed by atoms with Gasteiger partial charge in [0, 0.05) is 118 Å². The molecule has 17 aromatic rings. The molecule has 0 spiro atoms. The minimum absolute atomic E-state index is 0.0713. The first kappa shape index (κ1) is 73.9. The molecule has 0 aliphatic carbocycles. The quantitative estimate of drug-likeness (QED) is 0.0573. The highest BCUT2D eigenvalue weighted by Gasteiger charge is 2.21. The number of nitro groups is 1. The number of fused-ring (bicyclic) bond motifs is 2. The SMILES string of the molecule is CN(c1ccc(C#N)cc1)c1ccc(N(c2ccc(-c3ccccc3)cc2)c2cccc3ccccc23)cc1.CN(c1ccc(N(c2ccc(-c3ccccc3)cc2)c2cccc3ccccc23)cc1)c1cccc([N+](=O)[O-])c1.CN(c1ccc(N(c2ccccc2)c2ccc(-c3ccccc3)cc2)cc1)c1cccc(C#N)c1. The van der Waals surface area contributed by atoms with Gasteiger partial charge in [-0.05, 0) is 226 Å². The summed E-state index contributed by atoms with van der Waals surface area (Å²) < 4.78 is 0. The summed E-state index contributed by atoms with van der Waals surface area (Å²) in [6.45, 7) is 0. The van der Waals surface area contributed by atoms with E-state index in [2.05, 4.69) is 352 Å². The molecule has 17 aromatic carbocycles. The first-order valence-electron chi connectivity index (χ1n) is 37.7. The lowest BCUT2D eigenvalue weighted by molar-refractivity contribution is -0.384. The van der Waals surface area contributed by atoms with Crippen LogP contribution < -0.4 is 29.4 Å². The van der Waals surface area contributed by atoms with Crippen LogP contribution in [0.1, 0.15) is 11.1 Å². The summed E-state index contributed by atoms with van der Waals surface area (Å²) >= 11 is 0. The lowest BCUT2D eigenvalue weighted by Gasteiger charge is -2.28. The summed E-state index contributed by atoms with van der Waals surface area (Å²) in [5.41, 5.74) is 24.1. The standard InChI is InChI=1S/C36H27N3.C35H27N3O2.C32H25N3/c1-38(31-18-14-27(26-37)15-19-31)32-22-24-34(25-23-32)39(36-13-7-11-30-10-5-6-12-35(30)36)33-20-16-29(17-21-33)28-8-3-2-4-9-28;1-36(32-13-8-14-33(25-32)38(39)40)29-21-23-31(24-22-29)37(35-16-7-12-28-11-5-6-15-34(28)35)30-19-17-27(18-20-30)26-9-3-2-4-10-26;1-34(32-14-8-9-25(23-32)24-33)28-19-21-31(22-20-28)35(29-12-6-3-7-13-29)30-17-15-27(16-18-30)26-10-4-2-5-11-26/h2-25H,1H3;2-25H,1H3;2-23H,1H3. The summed E-state index contributed by atoms with van der Waals surface area (Å²) in [6.07, 6.45) is 0. The number of anilines is 15. The van der Waals surface area contributed by atoms with Crippen LogP contribution in [-0.2, 0) is 0 Å². The zero-order valence-corrected chi connectivity index (χ0v) is 63.3. The Balaban J connectivity index is 0.000000135. The molecule has 0 radical (unpaired) electrons. The number of hydrogen-bond acceptors (Lipinski definition) is 10. The molecular weight excluding hydrogens is 1400 g/mol. The third-order valence-electron chi connectivity index (χ3n) is 20.4. The number of nitro benzene ring substituents is 1. The molecule has 17 rings (SSSR count). The van der Waals surface area contributed by atoms with Crippen LogP contribution in [0.5, 0.6) is 0 Å². The van der Waals surface area contributed by atoms with Gasteiger partial charge in [0.05, 0.1) is 39.6 Å². The van der Waals surface area contributed by atoms with Gasteiger partial charge in [-0.3, -0.25) is 10.1 Å². The highest BCUT2D eigenvalue weighted by molar-refractivity contribution is 6.01. The molecule has 0 amide bonds. The van der Waals surface area contributed by atoms with Crippen molar-refractivity contribution in [3.63, 3.8) is 0 Å². The molecule has 114 heavy (non-hydrogen) atoms. The van der Waals surface area contributed by atoms with Gasteiger partial charge >= 0.3 is 0 Å². The molecule has 548 valence electrons. The van der Waals surface area contributed by atoms with E-state index in [0.29, 0.717) is 11.1 Å². The van der Waals surface area contributed by atoms with Crippen LogP contribution in [0, 0.1) is 32.8 Å². The van der Waals surface area contributed by atoms with E-state index in [9.17, 15) is 15.4 Å². The topological polar surface area (TPSA) is 110 Å². The number of para-hydroxylation sites is 1. The average molecular weight is 1470 g/mol. The molecular formula is C103H79N9O2. The summed E-state index contributed by atoms with van der Waals surface area (Å²) in [4.78, 5) is 23.9. The molecule has 0 aromatic heterocycles. The number of rotatable bonds is 19. The lowest BCUT2D eigenvalue weighted by Crippen LogP contribution is -2.12. The van der Waals surface area contributed by atoms with Gasteiger partial charge in [-0.1, -0.05) is 231 Å². The van der Waals surface area contributed by atoms with Gasteiger partial charge in [0.15, 0.2) is 0 Å². The Morgan fingerprint density at radius 1 is 0.237 bits per heavy atom. The van der Waals surface area contributed by atoms with E-state index >= 15 is 0 Å². The molecule has 11 heteroatoms. The number of benzene rings is 17. The average Bonchev–Trinajstić information content (AvgIpc) is 0.780. The third-order valence-corrected chi connectivity index (χ3v) is 20.4. The van der Waals surface area contributed by atoms with Crippen LogP contribution in [0.2, 0.25) is 0 Å². The van der Waals surface area contributed by atoms with Crippen LogP contribution >= 0.6 is 0 Å². The van der Waals surface area contributed by atoms with E-state index in [4.69, 9.17) is 5.26 Å². The molecule has 0 saturated heterocycles. The lowest BCUT2D eigenvalue weighted by atomic mass is 10.0. The van der Waals surface area contributed by atoms with Gasteiger partial charge in [-0.2, -0.15) is 10.5 Å². The Labute approximate surface area is 665 Å². The first-order valence-corrected chi connectivity index (χ1v) is 37.7. The summed E-state index contributed by atoms with van der Waals surface area (Å²) in [5, 5.41) is 34.4. The Kier molecular flexibility index (Phi) is 22.5. The predicted octanol–water partition coefficient (Wildman–Crippen LogP) is 27.7. The van der Waals surface area contributed by atoms with E-state index in [1.54, 1.807) is 12.1 Å². The van der Waals surface area contributed by atoms with Gasteiger partial charge in [0.25, 0.3) is 5.69 Å². The molecule has 0 bridgehead atoms. The fourth-order valence-corrected chi connectivity index (χ4v) is 14.3. The van der Waals surface area contributed by atoms with Crippen LogP contribution in [0.4, 0.5) is 91.0 Å². The van der Waals surface area contributed by atoms with Crippen LogP contribution in [0.3, 0.4) is 0 Å². The second-order valence-electron chi connectivity index (χ2n) is 27.4.